The number of carbonyl (C=O) groups excluding carboxylic acids is 1. The number of likely N-dealkylation sites (N-methyl/N-ethyl adjacent to an activating group) is 1. The van der Waals surface area contributed by atoms with Crippen LogP contribution in [-0.2, 0) is 11.3 Å². The molecule has 3 rings (SSSR count). The molecule has 6 nitrogen and oxygen atoms in total. The minimum absolute atomic E-state index is 0.0238. The summed E-state index contributed by atoms with van der Waals surface area (Å²) < 4.78 is 11.2. The lowest BCUT2D eigenvalue weighted by atomic mass is 9.84. The van der Waals surface area contributed by atoms with Crippen LogP contribution in [0.15, 0.2) is 18.2 Å². The molecule has 2 bridgehead atoms. The standard InChI is InChI=1S/C20H31N3O3/c1-23(2)8-9-26-16-7-4-13(10-17(16)25-3)12-22-20(24)18-14-5-6-15(11-14)19(18)21/h4,7,10,14-15,18-19H,5-6,8-9,11-12,21H2,1-3H3,(H,22,24). The van der Waals surface area contributed by atoms with E-state index < -0.39 is 0 Å². The Hall–Kier alpha value is -1.79. The second kappa shape index (κ2) is 8.27. The summed E-state index contributed by atoms with van der Waals surface area (Å²) in [7, 11) is 5.65. The van der Waals surface area contributed by atoms with Gasteiger partial charge in [0.05, 0.1) is 13.0 Å². The number of amides is 1. The second-order valence-corrected chi connectivity index (χ2v) is 7.79. The largest absolute Gasteiger partial charge is 0.493 e. The lowest BCUT2D eigenvalue weighted by Gasteiger charge is -2.27. The molecule has 26 heavy (non-hydrogen) atoms. The Balaban J connectivity index is 1.55. The maximum Gasteiger partial charge on any atom is 0.225 e. The predicted molar refractivity (Wildman–Crippen MR) is 101 cm³/mol. The number of benzene rings is 1. The van der Waals surface area contributed by atoms with E-state index in [1.165, 1.54) is 6.42 Å². The average molecular weight is 361 g/mol. The van der Waals surface area contributed by atoms with E-state index in [4.69, 9.17) is 15.2 Å². The van der Waals surface area contributed by atoms with E-state index in [0.717, 1.165) is 30.7 Å². The highest BCUT2D eigenvalue weighted by Gasteiger charge is 2.48. The first-order valence-corrected chi connectivity index (χ1v) is 9.47. The van der Waals surface area contributed by atoms with Gasteiger partial charge in [0.2, 0.25) is 5.91 Å². The van der Waals surface area contributed by atoms with E-state index in [1.54, 1.807) is 7.11 Å². The minimum Gasteiger partial charge on any atom is -0.493 e. The average Bonchev–Trinajstić information content (AvgIpc) is 3.21. The Morgan fingerprint density at radius 3 is 2.69 bits per heavy atom. The number of fused-ring (bicyclic) bond motifs is 2. The first-order chi connectivity index (χ1) is 12.5. The smallest absolute Gasteiger partial charge is 0.225 e. The quantitative estimate of drug-likeness (QED) is 0.736. The predicted octanol–water partition coefficient (Wildman–Crippen LogP) is 1.63. The molecule has 3 N–H and O–H groups in total. The molecule has 0 radical (unpaired) electrons. The van der Waals surface area contributed by atoms with Gasteiger partial charge in [-0.2, -0.15) is 0 Å². The maximum atomic E-state index is 12.6. The van der Waals surface area contributed by atoms with Gasteiger partial charge < -0.3 is 25.4 Å². The van der Waals surface area contributed by atoms with E-state index >= 15 is 0 Å². The molecule has 2 fully saturated rings. The molecule has 2 saturated carbocycles. The van der Waals surface area contributed by atoms with Crippen molar-refractivity contribution in [2.24, 2.45) is 23.5 Å². The Kier molecular flexibility index (Phi) is 6.04. The van der Waals surface area contributed by atoms with E-state index in [9.17, 15) is 4.79 Å². The zero-order chi connectivity index (χ0) is 18.7. The number of hydrogen-bond donors (Lipinski definition) is 2. The van der Waals surface area contributed by atoms with Gasteiger partial charge in [-0.15, -0.1) is 0 Å². The second-order valence-electron chi connectivity index (χ2n) is 7.79. The summed E-state index contributed by atoms with van der Waals surface area (Å²) in [5.41, 5.74) is 7.26. The van der Waals surface area contributed by atoms with Crippen molar-refractivity contribution in [3.63, 3.8) is 0 Å². The van der Waals surface area contributed by atoms with E-state index in [2.05, 4.69) is 10.2 Å². The van der Waals surface area contributed by atoms with Gasteiger partial charge in [-0.1, -0.05) is 6.07 Å². The SMILES string of the molecule is COc1cc(CNC(=O)C2C3CCC(C3)C2N)ccc1OCCN(C)C. The van der Waals surface area contributed by atoms with Crippen molar-refractivity contribution in [3.8, 4) is 11.5 Å². The fraction of sp³-hybridized carbons (Fsp3) is 0.650. The molecule has 0 aliphatic heterocycles. The Labute approximate surface area is 156 Å². The van der Waals surface area contributed by atoms with Crippen molar-refractivity contribution >= 4 is 5.91 Å². The molecule has 0 heterocycles. The van der Waals surface area contributed by atoms with Gasteiger partial charge in [0.1, 0.15) is 6.61 Å². The fourth-order valence-electron chi connectivity index (χ4n) is 4.31. The number of methoxy groups -OCH3 is 1. The molecule has 1 amide bonds. The number of hydrogen-bond acceptors (Lipinski definition) is 5. The number of rotatable bonds is 8. The Morgan fingerprint density at radius 2 is 2.04 bits per heavy atom. The molecule has 2 aliphatic rings. The molecule has 0 saturated heterocycles. The van der Waals surface area contributed by atoms with Crippen LogP contribution in [0.2, 0.25) is 0 Å². The molecule has 6 heteroatoms. The Morgan fingerprint density at radius 1 is 1.27 bits per heavy atom. The normalized spacial score (nSPS) is 27.0. The summed E-state index contributed by atoms with van der Waals surface area (Å²) in [6.45, 7) is 1.92. The summed E-state index contributed by atoms with van der Waals surface area (Å²) >= 11 is 0. The highest BCUT2D eigenvalue weighted by Crippen LogP contribution is 2.47. The summed E-state index contributed by atoms with van der Waals surface area (Å²) in [6.07, 6.45) is 3.44. The van der Waals surface area contributed by atoms with Crippen LogP contribution in [-0.4, -0.2) is 51.2 Å². The van der Waals surface area contributed by atoms with Crippen LogP contribution in [0.1, 0.15) is 24.8 Å². The van der Waals surface area contributed by atoms with Crippen LogP contribution in [0.5, 0.6) is 11.5 Å². The molecule has 1 aromatic rings. The van der Waals surface area contributed by atoms with Crippen molar-refractivity contribution in [2.45, 2.75) is 31.8 Å². The number of ether oxygens (including phenoxy) is 2. The van der Waals surface area contributed by atoms with E-state index in [-0.39, 0.29) is 17.9 Å². The topological polar surface area (TPSA) is 76.8 Å². The number of nitrogens with two attached hydrogens (primary N) is 1. The lowest BCUT2D eigenvalue weighted by molar-refractivity contribution is -0.127. The number of nitrogens with one attached hydrogen (secondary N) is 1. The van der Waals surface area contributed by atoms with E-state index in [1.807, 2.05) is 32.3 Å². The van der Waals surface area contributed by atoms with E-state index in [0.29, 0.717) is 30.7 Å². The van der Waals surface area contributed by atoms with Crippen LogP contribution in [0.25, 0.3) is 0 Å². The third-order valence-electron chi connectivity index (χ3n) is 5.77. The van der Waals surface area contributed by atoms with Gasteiger partial charge in [-0.3, -0.25) is 4.79 Å². The summed E-state index contributed by atoms with van der Waals surface area (Å²) in [6, 6.07) is 5.82. The first kappa shape index (κ1) is 19.0. The van der Waals surface area contributed by atoms with Crippen molar-refractivity contribution in [1.82, 2.24) is 10.2 Å². The molecule has 4 unspecified atom stereocenters. The maximum absolute atomic E-state index is 12.6. The third kappa shape index (κ3) is 4.13. The van der Waals surface area contributed by atoms with Crippen LogP contribution in [0.3, 0.4) is 0 Å². The number of carbonyl (C=O) groups is 1. The minimum atomic E-state index is -0.0238. The zero-order valence-corrected chi connectivity index (χ0v) is 16.0. The van der Waals surface area contributed by atoms with Crippen molar-refractivity contribution in [2.75, 3.05) is 34.4 Å². The van der Waals surface area contributed by atoms with Crippen molar-refractivity contribution in [3.05, 3.63) is 23.8 Å². The zero-order valence-electron chi connectivity index (χ0n) is 16.0. The monoisotopic (exact) mass is 361 g/mol. The Bertz CT molecular complexity index is 633. The van der Waals surface area contributed by atoms with Crippen LogP contribution < -0.4 is 20.5 Å². The highest BCUT2D eigenvalue weighted by atomic mass is 16.5. The van der Waals surface area contributed by atoms with Gasteiger partial charge in [-0.05, 0) is 62.9 Å². The third-order valence-corrected chi connectivity index (χ3v) is 5.77. The summed E-state index contributed by atoms with van der Waals surface area (Å²) in [4.78, 5) is 14.7. The summed E-state index contributed by atoms with van der Waals surface area (Å²) in [5, 5.41) is 3.06. The van der Waals surface area contributed by atoms with Crippen molar-refractivity contribution in [1.29, 1.82) is 0 Å². The van der Waals surface area contributed by atoms with Gasteiger partial charge in [0.15, 0.2) is 11.5 Å². The molecular weight excluding hydrogens is 330 g/mol. The fourth-order valence-corrected chi connectivity index (χ4v) is 4.31. The molecular formula is C20H31N3O3. The molecule has 144 valence electrons. The highest BCUT2D eigenvalue weighted by molar-refractivity contribution is 5.80. The van der Waals surface area contributed by atoms with Crippen LogP contribution in [0, 0.1) is 17.8 Å². The van der Waals surface area contributed by atoms with Gasteiger partial charge in [0, 0.05) is 19.1 Å². The molecule has 1 aromatic carbocycles. The van der Waals surface area contributed by atoms with Gasteiger partial charge in [-0.25, -0.2) is 0 Å². The molecule has 0 aromatic heterocycles. The van der Waals surface area contributed by atoms with Gasteiger partial charge >= 0.3 is 0 Å². The van der Waals surface area contributed by atoms with Gasteiger partial charge in [0.25, 0.3) is 0 Å². The van der Waals surface area contributed by atoms with Crippen LogP contribution >= 0.6 is 0 Å². The molecule has 4 atom stereocenters. The molecule has 0 spiro atoms. The summed E-state index contributed by atoms with van der Waals surface area (Å²) in [5.74, 6) is 2.48. The van der Waals surface area contributed by atoms with Crippen molar-refractivity contribution < 1.29 is 14.3 Å². The lowest BCUT2D eigenvalue weighted by Crippen LogP contribution is -2.45. The number of nitrogens with zero attached hydrogens (tertiary/aromatic N) is 1. The van der Waals surface area contributed by atoms with Crippen LogP contribution in [0.4, 0.5) is 0 Å². The first-order valence-electron chi connectivity index (χ1n) is 9.47. The molecule has 2 aliphatic carbocycles.